The first-order valence-electron chi connectivity index (χ1n) is 4.54. The van der Waals surface area contributed by atoms with Crippen LogP contribution >= 0.6 is 0 Å². The number of nitrogens with zero attached hydrogens (tertiary/aromatic N) is 2. The summed E-state index contributed by atoms with van der Waals surface area (Å²) in [6.07, 6.45) is 3.54. The van der Waals surface area contributed by atoms with E-state index in [1.807, 2.05) is 6.20 Å². The Morgan fingerprint density at radius 3 is 2.92 bits per heavy atom. The Morgan fingerprint density at radius 2 is 2.38 bits per heavy atom. The SMILES string of the molecule is CC(CN(C)C)NCc1cnc[nH]1. The van der Waals surface area contributed by atoms with Gasteiger partial charge in [-0.2, -0.15) is 0 Å². The zero-order valence-corrected chi connectivity index (χ0v) is 8.54. The number of hydrogen-bond donors (Lipinski definition) is 2. The first kappa shape index (κ1) is 10.2. The van der Waals surface area contributed by atoms with Crippen LogP contribution in [0.15, 0.2) is 12.5 Å². The molecule has 4 heteroatoms. The standard InChI is InChI=1S/C9H18N4/c1-8(6-13(2)3)11-5-9-4-10-7-12-9/h4,7-8,11H,5-6H2,1-3H3,(H,10,12). The minimum absolute atomic E-state index is 0.498. The van der Waals surface area contributed by atoms with Crippen LogP contribution in [-0.4, -0.2) is 41.5 Å². The van der Waals surface area contributed by atoms with Crippen molar-refractivity contribution in [3.8, 4) is 0 Å². The number of imidazole rings is 1. The third-order valence-corrected chi connectivity index (χ3v) is 1.83. The van der Waals surface area contributed by atoms with E-state index in [9.17, 15) is 0 Å². The van der Waals surface area contributed by atoms with Crippen molar-refractivity contribution in [1.29, 1.82) is 0 Å². The van der Waals surface area contributed by atoms with Gasteiger partial charge in [-0.3, -0.25) is 0 Å². The van der Waals surface area contributed by atoms with Gasteiger partial charge in [-0.25, -0.2) is 4.98 Å². The summed E-state index contributed by atoms with van der Waals surface area (Å²) < 4.78 is 0. The highest BCUT2D eigenvalue weighted by atomic mass is 15.1. The highest BCUT2D eigenvalue weighted by Gasteiger charge is 2.02. The van der Waals surface area contributed by atoms with Gasteiger partial charge in [0.05, 0.1) is 6.33 Å². The van der Waals surface area contributed by atoms with E-state index < -0.39 is 0 Å². The van der Waals surface area contributed by atoms with Crippen LogP contribution in [0.2, 0.25) is 0 Å². The van der Waals surface area contributed by atoms with E-state index in [0.29, 0.717) is 6.04 Å². The fourth-order valence-electron chi connectivity index (χ4n) is 1.28. The van der Waals surface area contributed by atoms with E-state index in [0.717, 1.165) is 18.8 Å². The van der Waals surface area contributed by atoms with Gasteiger partial charge >= 0.3 is 0 Å². The molecular formula is C9H18N4. The molecule has 0 aliphatic rings. The molecule has 1 rings (SSSR count). The van der Waals surface area contributed by atoms with E-state index >= 15 is 0 Å². The van der Waals surface area contributed by atoms with Gasteiger partial charge in [0.2, 0.25) is 0 Å². The molecule has 1 aromatic heterocycles. The molecule has 4 nitrogen and oxygen atoms in total. The molecule has 0 aliphatic heterocycles. The lowest BCUT2D eigenvalue weighted by molar-refractivity contribution is 0.348. The average Bonchev–Trinajstić information content (AvgIpc) is 2.51. The Morgan fingerprint density at radius 1 is 1.62 bits per heavy atom. The van der Waals surface area contributed by atoms with Crippen LogP contribution < -0.4 is 5.32 Å². The lowest BCUT2D eigenvalue weighted by Crippen LogP contribution is -2.35. The number of likely N-dealkylation sites (N-methyl/N-ethyl adjacent to an activating group) is 1. The van der Waals surface area contributed by atoms with E-state index in [-0.39, 0.29) is 0 Å². The summed E-state index contributed by atoms with van der Waals surface area (Å²) in [6, 6.07) is 0.498. The number of H-pyrrole nitrogens is 1. The number of aromatic amines is 1. The Bertz CT molecular complexity index is 218. The molecule has 0 saturated carbocycles. The van der Waals surface area contributed by atoms with Gasteiger partial charge in [0.15, 0.2) is 0 Å². The molecule has 1 atom stereocenters. The van der Waals surface area contributed by atoms with Gasteiger partial charge in [-0.1, -0.05) is 0 Å². The molecule has 1 unspecified atom stereocenters. The van der Waals surface area contributed by atoms with Crippen LogP contribution in [0.1, 0.15) is 12.6 Å². The van der Waals surface area contributed by atoms with Crippen molar-refractivity contribution >= 4 is 0 Å². The summed E-state index contributed by atoms with van der Waals surface area (Å²) >= 11 is 0. The third kappa shape index (κ3) is 4.05. The lowest BCUT2D eigenvalue weighted by atomic mass is 10.3. The monoisotopic (exact) mass is 182 g/mol. The first-order valence-corrected chi connectivity index (χ1v) is 4.54. The molecule has 2 N–H and O–H groups in total. The Hall–Kier alpha value is -0.870. The second kappa shape index (κ2) is 4.99. The molecular weight excluding hydrogens is 164 g/mol. The molecule has 1 heterocycles. The largest absolute Gasteiger partial charge is 0.347 e. The van der Waals surface area contributed by atoms with Gasteiger partial charge in [-0.15, -0.1) is 0 Å². The number of rotatable bonds is 5. The highest BCUT2D eigenvalue weighted by molar-refractivity contribution is 4.93. The molecule has 0 aromatic carbocycles. The maximum absolute atomic E-state index is 3.96. The molecule has 0 bridgehead atoms. The molecule has 0 saturated heterocycles. The number of nitrogens with one attached hydrogen (secondary N) is 2. The van der Waals surface area contributed by atoms with Crippen molar-refractivity contribution in [1.82, 2.24) is 20.2 Å². The topological polar surface area (TPSA) is 44.0 Å². The zero-order valence-electron chi connectivity index (χ0n) is 8.54. The molecule has 0 amide bonds. The van der Waals surface area contributed by atoms with Crippen LogP contribution in [0.3, 0.4) is 0 Å². The number of aromatic nitrogens is 2. The predicted octanol–water partition coefficient (Wildman–Crippen LogP) is 0.449. The maximum atomic E-state index is 3.96. The lowest BCUT2D eigenvalue weighted by Gasteiger charge is -2.17. The quantitative estimate of drug-likeness (QED) is 0.695. The van der Waals surface area contributed by atoms with Crippen LogP contribution in [0, 0.1) is 0 Å². The Labute approximate surface area is 79.4 Å². The third-order valence-electron chi connectivity index (χ3n) is 1.83. The smallest absolute Gasteiger partial charge is 0.0922 e. The van der Waals surface area contributed by atoms with E-state index in [1.165, 1.54) is 0 Å². The molecule has 0 aliphatic carbocycles. The maximum Gasteiger partial charge on any atom is 0.0922 e. The van der Waals surface area contributed by atoms with Crippen molar-refractivity contribution in [3.63, 3.8) is 0 Å². The molecule has 1 aromatic rings. The second-order valence-corrected chi connectivity index (χ2v) is 3.62. The molecule has 0 spiro atoms. The summed E-state index contributed by atoms with van der Waals surface area (Å²) in [5.41, 5.74) is 1.13. The minimum Gasteiger partial charge on any atom is -0.347 e. The molecule has 0 fully saturated rings. The van der Waals surface area contributed by atoms with Crippen molar-refractivity contribution in [2.75, 3.05) is 20.6 Å². The van der Waals surface area contributed by atoms with Crippen LogP contribution in [0.25, 0.3) is 0 Å². The van der Waals surface area contributed by atoms with Gasteiger partial charge in [0, 0.05) is 31.0 Å². The van der Waals surface area contributed by atoms with E-state index in [1.54, 1.807) is 6.33 Å². The summed E-state index contributed by atoms with van der Waals surface area (Å²) in [4.78, 5) is 9.18. The van der Waals surface area contributed by atoms with Crippen LogP contribution in [0.5, 0.6) is 0 Å². The first-order chi connectivity index (χ1) is 6.18. The average molecular weight is 182 g/mol. The normalized spacial score (nSPS) is 13.5. The molecule has 0 radical (unpaired) electrons. The predicted molar refractivity (Wildman–Crippen MR) is 53.4 cm³/mol. The second-order valence-electron chi connectivity index (χ2n) is 3.62. The summed E-state index contributed by atoms with van der Waals surface area (Å²) in [5, 5.41) is 3.40. The summed E-state index contributed by atoms with van der Waals surface area (Å²) in [5.74, 6) is 0. The summed E-state index contributed by atoms with van der Waals surface area (Å²) in [6.45, 7) is 4.08. The highest BCUT2D eigenvalue weighted by Crippen LogP contribution is 1.92. The van der Waals surface area contributed by atoms with Gasteiger partial charge in [0.1, 0.15) is 0 Å². The van der Waals surface area contributed by atoms with Crippen molar-refractivity contribution in [2.24, 2.45) is 0 Å². The minimum atomic E-state index is 0.498. The summed E-state index contributed by atoms with van der Waals surface area (Å²) in [7, 11) is 4.16. The van der Waals surface area contributed by atoms with Crippen molar-refractivity contribution in [3.05, 3.63) is 18.2 Å². The fourth-order valence-corrected chi connectivity index (χ4v) is 1.28. The van der Waals surface area contributed by atoms with E-state index in [4.69, 9.17) is 0 Å². The van der Waals surface area contributed by atoms with Crippen LogP contribution in [-0.2, 0) is 6.54 Å². The Kier molecular flexibility index (Phi) is 3.92. The van der Waals surface area contributed by atoms with Crippen molar-refractivity contribution in [2.45, 2.75) is 19.5 Å². The number of hydrogen-bond acceptors (Lipinski definition) is 3. The van der Waals surface area contributed by atoms with Gasteiger partial charge < -0.3 is 15.2 Å². The van der Waals surface area contributed by atoms with Crippen molar-refractivity contribution < 1.29 is 0 Å². The zero-order chi connectivity index (χ0) is 9.68. The van der Waals surface area contributed by atoms with Gasteiger partial charge in [0.25, 0.3) is 0 Å². The molecule has 74 valence electrons. The van der Waals surface area contributed by atoms with E-state index in [2.05, 4.69) is 41.2 Å². The Balaban J connectivity index is 2.19. The van der Waals surface area contributed by atoms with Gasteiger partial charge in [-0.05, 0) is 21.0 Å². The molecule has 13 heavy (non-hydrogen) atoms. The fraction of sp³-hybridized carbons (Fsp3) is 0.667. The van der Waals surface area contributed by atoms with Crippen LogP contribution in [0.4, 0.5) is 0 Å².